The lowest BCUT2D eigenvalue weighted by Gasteiger charge is -2.36. The third-order valence-electron chi connectivity index (χ3n) is 17.3. The monoisotopic (exact) mass is 1360 g/mol. The first-order chi connectivity index (χ1) is 48.0. The molecular formula is C68H82N16O15. The number of nitrogen functional groups attached to an aromatic ring is 2. The number of nitrogens with two attached hydrogens (primary N) is 2. The van der Waals surface area contributed by atoms with Crippen LogP contribution >= 0.6 is 0 Å². The molecule has 4 aromatic carbocycles. The normalized spacial score (nSPS) is 17.4. The molecule has 4 fully saturated rings. The molecule has 4 saturated heterocycles. The van der Waals surface area contributed by atoms with E-state index < -0.39 is 29.9 Å². The van der Waals surface area contributed by atoms with Crippen LogP contribution in [0.15, 0.2) is 97.1 Å². The zero-order valence-electron chi connectivity index (χ0n) is 54.7. The summed E-state index contributed by atoms with van der Waals surface area (Å²) in [4.78, 5) is 105. The number of anilines is 6. The summed E-state index contributed by atoms with van der Waals surface area (Å²) in [6.07, 6.45) is 1.32. The Morgan fingerprint density at radius 1 is 0.515 bits per heavy atom. The number of para-hydroxylation sites is 2. The smallest absolute Gasteiger partial charge is 0.305 e. The number of fused-ring (bicyclic) bond motifs is 2. The predicted molar refractivity (Wildman–Crippen MR) is 363 cm³/mol. The number of aromatic nitrogens is 4. The molecule has 8 heterocycles. The van der Waals surface area contributed by atoms with E-state index in [1.165, 1.54) is 9.80 Å². The quantitative estimate of drug-likeness (QED) is 0.0275. The van der Waals surface area contributed by atoms with Gasteiger partial charge in [-0.05, 0) is 73.5 Å². The fourth-order valence-electron chi connectivity index (χ4n) is 12.2. The third-order valence-corrected chi connectivity index (χ3v) is 17.3. The highest BCUT2D eigenvalue weighted by Crippen LogP contribution is 2.36. The number of benzene rings is 4. The summed E-state index contributed by atoms with van der Waals surface area (Å²) in [5.41, 5.74) is 20.4. The Hall–Kier alpha value is -10.6. The Kier molecular flexibility index (Phi) is 24.8. The van der Waals surface area contributed by atoms with E-state index >= 15 is 0 Å². The van der Waals surface area contributed by atoms with E-state index in [9.17, 15) is 48.6 Å². The number of piperazine rings is 2. The van der Waals surface area contributed by atoms with Gasteiger partial charge in [0.05, 0.1) is 88.5 Å². The lowest BCUT2D eigenvalue weighted by atomic mass is 10.0. The standard InChI is InChI=1S/C34H40N8O7.C20H25N3O7.C14H17N5O/c35-32-28(20-26(38-39-32)23-4-1-2-7-29(23)43)40-12-14-41(15-13-40)31(45)10-16-48-18-19-49-17-11-36-25-6-3-5-22-24(25)21-42(34(22)47)27-8-9-30(44)37-33(27)46;24-17-5-4-16(19(27)22-17)23-12-14-13(20(23)28)2-1-3-15(14)21-7-9-30-11-10-29-8-6-18(25)26;15-14-12(19-7-5-16-6-8-19)9-11(17-18-14)10-3-1-2-4-13(10)20/h1-7,20,27,36,43H,8-19,21H2,(H2,35,39)(H,37,44,46);1-3,16,21H,4-12H2,(H,25,26)(H,22,24,27);1-4,9,16,20H,5-8H2,(H2,15,18). The minimum atomic E-state index is -0.898. The average molecular weight is 1360 g/mol. The van der Waals surface area contributed by atoms with Crippen molar-refractivity contribution in [3.05, 3.63) is 119 Å². The van der Waals surface area contributed by atoms with Gasteiger partial charge in [0, 0.05) is 136 Å². The molecule has 99 heavy (non-hydrogen) atoms. The first kappa shape index (κ1) is 71.2. The maximum absolute atomic E-state index is 13.0. The number of aliphatic carboxylic acids is 1. The number of ether oxygens (including phenoxy) is 4. The molecule has 6 aromatic rings. The second-order valence-corrected chi connectivity index (χ2v) is 23.8. The van der Waals surface area contributed by atoms with Gasteiger partial charge in [0.1, 0.15) is 23.6 Å². The number of hydrogen-bond donors (Lipinski definition) is 10. The lowest BCUT2D eigenvalue weighted by molar-refractivity contribution is -0.139. The molecule has 2 unspecified atom stereocenters. The number of carboxylic acid groups (broad SMARTS) is 1. The molecular weight excluding hydrogens is 1280 g/mol. The molecule has 7 amide bonds. The lowest BCUT2D eigenvalue weighted by Crippen LogP contribution is -2.52. The number of hydrogen-bond acceptors (Lipinski definition) is 25. The fourth-order valence-corrected chi connectivity index (χ4v) is 12.2. The molecule has 6 aliphatic rings. The van der Waals surface area contributed by atoms with Gasteiger partial charge in [-0.25, -0.2) is 0 Å². The van der Waals surface area contributed by atoms with Crippen LogP contribution in [0.5, 0.6) is 11.5 Å². The van der Waals surface area contributed by atoms with Crippen LogP contribution in [-0.4, -0.2) is 228 Å². The second-order valence-electron chi connectivity index (χ2n) is 23.8. The molecule has 0 spiro atoms. The summed E-state index contributed by atoms with van der Waals surface area (Å²) in [5, 5.41) is 59.5. The van der Waals surface area contributed by atoms with Crippen LogP contribution < -0.4 is 47.9 Å². The molecule has 6 aliphatic heterocycles. The van der Waals surface area contributed by atoms with Gasteiger partial charge in [0.2, 0.25) is 29.5 Å². The summed E-state index contributed by atoms with van der Waals surface area (Å²) < 4.78 is 21.9. The number of amides is 7. The van der Waals surface area contributed by atoms with Crippen molar-refractivity contribution in [3.8, 4) is 34.0 Å². The molecule has 0 saturated carbocycles. The van der Waals surface area contributed by atoms with Crippen LogP contribution in [0.3, 0.4) is 0 Å². The summed E-state index contributed by atoms with van der Waals surface area (Å²) in [6.45, 7) is 10.2. The van der Waals surface area contributed by atoms with Crippen LogP contribution in [0.25, 0.3) is 22.5 Å². The molecule has 2 aromatic heterocycles. The molecule has 0 radical (unpaired) electrons. The van der Waals surface area contributed by atoms with Crippen molar-refractivity contribution in [2.45, 2.75) is 63.7 Å². The van der Waals surface area contributed by atoms with Gasteiger partial charge >= 0.3 is 5.97 Å². The zero-order valence-corrected chi connectivity index (χ0v) is 54.7. The number of imide groups is 2. The van der Waals surface area contributed by atoms with Crippen molar-refractivity contribution in [2.24, 2.45) is 0 Å². The third kappa shape index (κ3) is 18.5. The maximum atomic E-state index is 13.0. The van der Waals surface area contributed by atoms with Gasteiger partial charge in [0.25, 0.3) is 11.8 Å². The molecule has 31 nitrogen and oxygen atoms in total. The number of piperidine rings is 2. The number of aromatic hydroxyl groups is 2. The predicted octanol–water partition coefficient (Wildman–Crippen LogP) is 2.58. The number of carbonyl (C=O) groups is 8. The van der Waals surface area contributed by atoms with Crippen molar-refractivity contribution in [2.75, 3.05) is 150 Å². The number of phenolic OH excluding ortho intramolecular Hbond substituents is 2. The Balaban J connectivity index is 0.000000179. The molecule has 12 rings (SSSR count). The van der Waals surface area contributed by atoms with Gasteiger partial charge in [-0.2, -0.15) is 0 Å². The van der Waals surface area contributed by atoms with Gasteiger partial charge in [0.15, 0.2) is 11.6 Å². The van der Waals surface area contributed by atoms with Crippen molar-refractivity contribution < 1.29 is 72.6 Å². The van der Waals surface area contributed by atoms with Crippen molar-refractivity contribution >= 4 is 81.7 Å². The van der Waals surface area contributed by atoms with E-state index in [-0.39, 0.29) is 73.3 Å². The zero-order chi connectivity index (χ0) is 69.8. The summed E-state index contributed by atoms with van der Waals surface area (Å²) in [7, 11) is 0. The second kappa shape index (κ2) is 34.6. The highest BCUT2D eigenvalue weighted by molar-refractivity contribution is 6.07. The minimum Gasteiger partial charge on any atom is -0.507 e. The van der Waals surface area contributed by atoms with E-state index in [0.29, 0.717) is 157 Å². The molecule has 0 bridgehead atoms. The summed E-state index contributed by atoms with van der Waals surface area (Å²) in [6, 6.07) is 27.2. The number of carboxylic acids is 1. The van der Waals surface area contributed by atoms with E-state index in [1.807, 2.05) is 47.4 Å². The Morgan fingerprint density at radius 2 is 0.939 bits per heavy atom. The van der Waals surface area contributed by atoms with E-state index in [2.05, 4.69) is 56.8 Å². The molecule has 0 aliphatic carbocycles. The first-order valence-electron chi connectivity index (χ1n) is 32.9. The summed E-state index contributed by atoms with van der Waals surface area (Å²) in [5.74, 6) is -1.77. The molecule has 12 N–H and O–H groups in total. The van der Waals surface area contributed by atoms with E-state index in [0.717, 1.165) is 60.1 Å². The van der Waals surface area contributed by atoms with Crippen molar-refractivity contribution in [1.29, 1.82) is 0 Å². The fraction of sp³-hybridized carbons (Fsp3) is 0.412. The Morgan fingerprint density at radius 3 is 1.38 bits per heavy atom. The molecule has 31 heteroatoms. The van der Waals surface area contributed by atoms with Gasteiger partial charge in [-0.3, -0.25) is 49.0 Å². The number of nitrogens with one attached hydrogen (secondary N) is 5. The minimum absolute atomic E-state index is 0.0190. The van der Waals surface area contributed by atoms with Gasteiger partial charge in [-0.15, -0.1) is 20.4 Å². The molecule has 2 atom stereocenters. The summed E-state index contributed by atoms with van der Waals surface area (Å²) >= 11 is 0. The number of rotatable bonds is 26. The number of carbonyl (C=O) groups excluding carboxylic acids is 7. The van der Waals surface area contributed by atoms with Crippen LogP contribution in [0.4, 0.5) is 34.4 Å². The number of phenols is 2. The topological polar surface area (TPSA) is 414 Å². The Bertz CT molecular complexity index is 3890. The van der Waals surface area contributed by atoms with E-state index in [1.54, 1.807) is 54.6 Å². The largest absolute Gasteiger partial charge is 0.507 e. The highest BCUT2D eigenvalue weighted by atomic mass is 16.5. The van der Waals surface area contributed by atoms with Crippen LogP contribution in [-0.2, 0) is 60.8 Å². The van der Waals surface area contributed by atoms with Crippen LogP contribution in [0.1, 0.15) is 70.4 Å². The van der Waals surface area contributed by atoms with Crippen molar-refractivity contribution in [1.82, 2.24) is 51.0 Å². The Labute approximate surface area is 570 Å². The van der Waals surface area contributed by atoms with Crippen LogP contribution in [0, 0.1) is 0 Å². The molecule has 524 valence electrons. The highest BCUT2D eigenvalue weighted by Gasteiger charge is 2.41. The van der Waals surface area contributed by atoms with Crippen LogP contribution in [0.2, 0.25) is 0 Å². The average Bonchev–Trinajstić information content (AvgIpc) is 0.936. The number of nitrogens with zero attached hydrogens (tertiary/aromatic N) is 9. The van der Waals surface area contributed by atoms with Crippen molar-refractivity contribution in [3.63, 3.8) is 0 Å². The van der Waals surface area contributed by atoms with Gasteiger partial charge in [-0.1, -0.05) is 36.4 Å². The van der Waals surface area contributed by atoms with Gasteiger partial charge < -0.3 is 86.2 Å². The first-order valence-corrected chi connectivity index (χ1v) is 32.9. The SMILES string of the molecule is Nc1nnc(-c2ccccc2O)cc1N1CCN(C(=O)CCOCCOCCNc2cccc3c2CN(C2CCC(=O)NC2=O)C3=O)CC1.Nc1nnc(-c2ccccc2O)cc1N1CCNCC1.O=C(O)CCOCCOCCNc1cccc2c1CN(C1CCC(=O)NC1=O)C2=O. The maximum Gasteiger partial charge on any atom is 0.305 e. The van der Waals surface area contributed by atoms with E-state index in [4.69, 9.17) is 35.5 Å².